The van der Waals surface area contributed by atoms with Crippen LogP contribution in [0.2, 0.25) is 0 Å². The third-order valence-electron chi connectivity index (χ3n) is 5.67. The first-order chi connectivity index (χ1) is 14.0. The number of rotatable bonds is 9. The lowest BCUT2D eigenvalue weighted by atomic mass is 10.0. The van der Waals surface area contributed by atoms with Crippen LogP contribution in [0, 0.1) is 12.8 Å². The summed E-state index contributed by atoms with van der Waals surface area (Å²) in [7, 11) is 0. The number of carbonyl (C=O) groups excluding carboxylic acids is 1. The van der Waals surface area contributed by atoms with E-state index in [1.165, 1.54) is 5.56 Å². The van der Waals surface area contributed by atoms with Gasteiger partial charge in [0.05, 0.1) is 0 Å². The lowest BCUT2D eigenvalue weighted by Crippen LogP contribution is -2.49. The Morgan fingerprint density at radius 1 is 1.17 bits per heavy atom. The standard InChI is InChI=1S/C23H34N4O2/c1-4-6-19(3)17-22(28)27-15-13-26(14-16-27)12-5-7-21-24-23(25-29-21)20-10-8-18(2)9-11-20/h8-11,19H,4-7,12-17H2,1-3H3. The van der Waals surface area contributed by atoms with Crippen LogP contribution in [0.4, 0.5) is 0 Å². The van der Waals surface area contributed by atoms with E-state index in [0.29, 0.717) is 30.0 Å². The first-order valence-corrected chi connectivity index (χ1v) is 10.9. The molecule has 1 aliphatic heterocycles. The lowest BCUT2D eigenvalue weighted by molar-refractivity contribution is -0.133. The molecule has 0 N–H and O–H groups in total. The number of nitrogens with zero attached hydrogens (tertiary/aromatic N) is 4. The van der Waals surface area contributed by atoms with E-state index in [9.17, 15) is 4.79 Å². The average molecular weight is 399 g/mol. The predicted octanol–water partition coefficient (Wildman–Crippen LogP) is 3.95. The molecule has 1 saturated heterocycles. The van der Waals surface area contributed by atoms with Crippen molar-refractivity contribution in [3.05, 3.63) is 35.7 Å². The molecule has 2 heterocycles. The molecule has 0 saturated carbocycles. The second kappa shape index (κ2) is 10.5. The fourth-order valence-corrected chi connectivity index (χ4v) is 3.87. The topological polar surface area (TPSA) is 62.5 Å². The third kappa shape index (κ3) is 6.39. The number of benzene rings is 1. The van der Waals surface area contributed by atoms with E-state index in [0.717, 1.165) is 64.0 Å². The summed E-state index contributed by atoms with van der Waals surface area (Å²) in [5.41, 5.74) is 2.20. The molecule has 1 fully saturated rings. The third-order valence-corrected chi connectivity index (χ3v) is 5.67. The molecule has 1 aliphatic rings. The minimum atomic E-state index is 0.320. The second-order valence-corrected chi connectivity index (χ2v) is 8.30. The van der Waals surface area contributed by atoms with Gasteiger partial charge in [-0.1, -0.05) is 61.7 Å². The number of hydrogen-bond acceptors (Lipinski definition) is 5. The van der Waals surface area contributed by atoms with Crippen LogP contribution < -0.4 is 0 Å². The minimum absolute atomic E-state index is 0.320. The summed E-state index contributed by atoms with van der Waals surface area (Å²) in [6, 6.07) is 8.15. The van der Waals surface area contributed by atoms with Crippen LogP contribution in [-0.4, -0.2) is 58.6 Å². The number of aryl methyl sites for hydroxylation is 2. The summed E-state index contributed by atoms with van der Waals surface area (Å²) in [4.78, 5) is 21.4. The van der Waals surface area contributed by atoms with Crippen molar-refractivity contribution >= 4 is 5.91 Å². The minimum Gasteiger partial charge on any atom is -0.340 e. The molecular formula is C23H34N4O2. The molecule has 0 aliphatic carbocycles. The Bertz CT molecular complexity index is 763. The summed E-state index contributed by atoms with van der Waals surface area (Å²) >= 11 is 0. The Balaban J connectivity index is 1.37. The first kappa shape index (κ1) is 21.5. The Labute approximate surface area is 174 Å². The van der Waals surface area contributed by atoms with Gasteiger partial charge in [-0.15, -0.1) is 0 Å². The zero-order valence-electron chi connectivity index (χ0n) is 18.1. The van der Waals surface area contributed by atoms with Crippen LogP contribution in [0.1, 0.15) is 51.0 Å². The highest BCUT2D eigenvalue weighted by Gasteiger charge is 2.22. The molecule has 1 amide bonds. The molecule has 0 radical (unpaired) electrons. The SMILES string of the molecule is CCCC(C)CC(=O)N1CCN(CCCc2nc(-c3ccc(C)cc3)no2)CC1. The number of carbonyl (C=O) groups is 1. The molecule has 158 valence electrons. The summed E-state index contributed by atoms with van der Waals surface area (Å²) in [6.07, 6.45) is 4.74. The number of hydrogen-bond donors (Lipinski definition) is 0. The van der Waals surface area contributed by atoms with Crippen molar-refractivity contribution < 1.29 is 9.32 Å². The van der Waals surface area contributed by atoms with Gasteiger partial charge in [-0.05, 0) is 25.8 Å². The highest BCUT2D eigenvalue weighted by atomic mass is 16.5. The predicted molar refractivity (Wildman–Crippen MR) is 115 cm³/mol. The van der Waals surface area contributed by atoms with Crippen molar-refractivity contribution in [1.82, 2.24) is 19.9 Å². The highest BCUT2D eigenvalue weighted by Crippen LogP contribution is 2.17. The van der Waals surface area contributed by atoms with E-state index >= 15 is 0 Å². The molecule has 6 nitrogen and oxygen atoms in total. The highest BCUT2D eigenvalue weighted by molar-refractivity contribution is 5.76. The fraction of sp³-hybridized carbons (Fsp3) is 0.609. The van der Waals surface area contributed by atoms with Gasteiger partial charge in [-0.25, -0.2) is 0 Å². The Hall–Kier alpha value is -2.21. The molecular weight excluding hydrogens is 364 g/mol. The molecule has 29 heavy (non-hydrogen) atoms. The largest absolute Gasteiger partial charge is 0.340 e. The Kier molecular flexibility index (Phi) is 7.81. The van der Waals surface area contributed by atoms with Crippen LogP contribution in [0.3, 0.4) is 0 Å². The molecule has 6 heteroatoms. The summed E-state index contributed by atoms with van der Waals surface area (Å²) in [6.45, 7) is 11.0. The molecule has 0 bridgehead atoms. The van der Waals surface area contributed by atoms with Gasteiger partial charge in [-0.2, -0.15) is 4.98 Å². The Morgan fingerprint density at radius 3 is 2.59 bits per heavy atom. The van der Waals surface area contributed by atoms with Gasteiger partial charge in [0.2, 0.25) is 17.6 Å². The summed E-state index contributed by atoms with van der Waals surface area (Å²) in [5.74, 6) is 2.16. The van der Waals surface area contributed by atoms with Crippen molar-refractivity contribution in [2.24, 2.45) is 5.92 Å². The van der Waals surface area contributed by atoms with Gasteiger partial charge in [0, 0.05) is 44.6 Å². The van der Waals surface area contributed by atoms with Crippen LogP contribution in [-0.2, 0) is 11.2 Å². The normalized spacial score (nSPS) is 16.2. The van der Waals surface area contributed by atoms with Gasteiger partial charge in [0.15, 0.2) is 0 Å². The van der Waals surface area contributed by atoms with Crippen molar-refractivity contribution in [1.29, 1.82) is 0 Å². The number of amides is 1. The van der Waals surface area contributed by atoms with Crippen LogP contribution >= 0.6 is 0 Å². The first-order valence-electron chi connectivity index (χ1n) is 10.9. The van der Waals surface area contributed by atoms with Crippen molar-refractivity contribution in [2.45, 2.75) is 52.9 Å². The zero-order chi connectivity index (χ0) is 20.6. The van der Waals surface area contributed by atoms with Crippen molar-refractivity contribution in [2.75, 3.05) is 32.7 Å². The van der Waals surface area contributed by atoms with E-state index in [2.05, 4.69) is 47.9 Å². The molecule has 1 aromatic heterocycles. The molecule has 1 atom stereocenters. The van der Waals surface area contributed by atoms with Gasteiger partial charge in [-0.3, -0.25) is 9.69 Å². The zero-order valence-corrected chi connectivity index (χ0v) is 18.1. The van der Waals surface area contributed by atoms with Gasteiger partial charge in [0.25, 0.3) is 0 Å². The quantitative estimate of drug-likeness (QED) is 0.640. The maximum atomic E-state index is 12.4. The fourth-order valence-electron chi connectivity index (χ4n) is 3.87. The van der Waals surface area contributed by atoms with Gasteiger partial charge >= 0.3 is 0 Å². The maximum absolute atomic E-state index is 12.4. The van der Waals surface area contributed by atoms with Crippen LogP contribution in [0.15, 0.2) is 28.8 Å². The molecule has 2 aromatic rings. The van der Waals surface area contributed by atoms with Crippen LogP contribution in [0.5, 0.6) is 0 Å². The van der Waals surface area contributed by atoms with Crippen molar-refractivity contribution in [3.63, 3.8) is 0 Å². The van der Waals surface area contributed by atoms with E-state index < -0.39 is 0 Å². The molecule has 1 aromatic carbocycles. The van der Waals surface area contributed by atoms with Crippen LogP contribution in [0.25, 0.3) is 11.4 Å². The lowest BCUT2D eigenvalue weighted by Gasteiger charge is -2.35. The molecule has 1 unspecified atom stereocenters. The second-order valence-electron chi connectivity index (χ2n) is 8.30. The molecule has 0 spiro atoms. The molecule has 3 rings (SSSR count). The van der Waals surface area contributed by atoms with E-state index in [1.54, 1.807) is 0 Å². The van der Waals surface area contributed by atoms with E-state index in [1.807, 2.05) is 17.0 Å². The summed E-state index contributed by atoms with van der Waals surface area (Å²) in [5, 5.41) is 4.10. The number of piperazine rings is 1. The number of aromatic nitrogens is 2. The van der Waals surface area contributed by atoms with Gasteiger partial charge < -0.3 is 9.42 Å². The monoisotopic (exact) mass is 398 g/mol. The maximum Gasteiger partial charge on any atom is 0.227 e. The average Bonchev–Trinajstić information content (AvgIpc) is 3.18. The Morgan fingerprint density at radius 2 is 1.90 bits per heavy atom. The van der Waals surface area contributed by atoms with E-state index in [-0.39, 0.29) is 0 Å². The summed E-state index contributed by atoms with van der Waals surface area (Å²) < 4.78 is 5.41. The van der Waals surface area contributed by atoms with E-state index in [4.69, 9.17) is 4.52 Å². The van der Waals surface area contributed by atoms with Gasteiger partial charge in [0.1, 0.15) is 0 Å². The van der Waals surface area contributed by atoms with Crippen molar-refractivity contribution in [3.8, 4) is 11.4 Å². The smallest absolute Gasteiger partial charge is 0.227 e.